The monoisotopic (exact) mass is 449 g/mol. The average Bonchev–Trinajstić information content (AvgIpc) is 2.62. The van der Waals surface area contributed by atoms with Gasteiger partial charge in [0.05, 0.1) is 17.7 Å². The summed E-state index contributed by atoms with van der Waals surface area (Å²) in [4.78, 5) is 32.2. The Labute approximate surface area is 178 Å². The minimum Gasteiger partial charge on any atom is -0.482 e. The van der Waals surface area contributed by atoms with Crippen molar-refractivity contribution in [2.75, 3.05) is 13.2 Å². The third-order valence-corrected chi connectivity index (χ3v) is 3.83. The van der Waals surface area contributed by atoms with E-state index in [1.54, 1.807) is 20.8 Å². The summed E-state index contributed by atoms with van der Waals surface area (Å²) in [6.07, 6.45) is -0.280. The van der Waals surface area contributed by atoms with Crippen LogP contribution in [-0.4, -0.2) is 59.2 Å². The highest BCUT2D eigenvalue weighted by Gasteiger charge is 2.28. The van der Waals surface area contributed by atoms with Gasteiger partial charge in [-0.2, -0.15) is 0 Å². The second kappa shape index (κ2) is 11.6. The van der Waals surface area contributed by atoms with E-state index >= 15 is 0 Å². The number of alkyl carbamates (subject to hydrolysis) is 1. The molecule has 30 heavy (non-hydrogen) atoms. The van der Waals surface area contributed by atoms with Crippen LogP contribution in [0, 0.1) is 5.82 Å². The van der Waals surface area contributed by atoms with E-state index in [0.717, 1.165) is 6.07 Å². The molecular formula is C19H25ClFNO8. The largest absolute Gasteiger partial charge is 0.482 e. The summed E-state index contributed by atoms with van der Waals surface area (Å²) < 4.78 is 27.7. The second-order valence-corrected chi connectivity index (χ2v) is 7.75. The summed E-state index contributed by atoms with van der Waals surface area (Å²) in [5, 5.41) is 19.6. The molecule has 0 spiro atoms. The molecule has 0 bridgehead atoms. The van der Waals surface area contributed by atoms with Crippen molar-refractivity contribution in [2.45, 2.75) is 51.4 Å². The van der Waals surface area contributed by atoms with Crippen molar-refractivity contribution in [1.82, 2.24) is 5.32 Å². The highest BCUT2D eigenvalue weighted by atomic mass is 35.5. The van der Waals surface area contributed by atoms with E-state index in [1.165, 1.54) is 12.1 Å². The fourth-order valence-corrected chi connectivity index (χ4v) is 2.36. The number of rotatable bonds is 5. The zero-order valence-electron chi connectivity index (χ0n) is 16.8. The van der Waals surface area contributed by atoms with Crippen LogP contribution >= 0.6 is 11.6 Å². The molecule has 1 amide bonds. The molecule has 1 aliphatic heterocycles. The molecule has 0 aliphatic carbocycles. The molecule has 9 nitrogen and oxygen atoms in total. The van der Waals surface area contributed by atoms with Gasteiger partial charge in [-0.1, -0.05) is 11.6 Å². The Balaban J connectivity index is 0.000000311. The summed E-state index contributed by atoms with van der Waals surface area (Å²) in [5.41, 5.74) is -0.538. The Bertz CT molecular complexity index is 745. The number of benzene rings is 1. The van der Waals surface area contributed by atoms with Gasteiger partial charge in [0, 0.05) is 6.07 Å². The molecule has 0 saturated carbocycles. The smallest absolute Gasteiger partial charge is 0.407 e. The third kappa shape index (κ3) is 10.3. The number of hydrogen-bond donors (Lipinski definition) is 3. The maximum atomic E-state index is 12.7. The Morgan fingerprint density at radius 2 is 1.93 bits per heavy atom. The third-order valence-electron chi connectivity index (χ3n) is 3.53. The van der Waals surface area contributed by atoms with Crippen molar-refractivity contribution in [3.05, 3.63) is 29.0 Å². The molecule has 2 unspecified atom stereocenters. The van der Waals surface area contributed by atoms with Crippen molar-refractivity contribution < 1.29 is 43.2 Å². The molecule has 1 aliphatic rings. The van der Waals surface area contributed by atoms with Gasteiger partial charge >= 0.3 is 18.0 Å². The van der Waals surface area contributed by atoms with Gasteiger partial charge in [-0.15, -0.1) is 0 Å². The van der Waals surface area contributed by atoms with Gasteiger partial charge in [0.1, 0.15) is 17.2 Å². The zero-order chi connectivity index (χ0) is 22.9. The van der Waals surface area contributed by atoms with E-state index in [4.69, 9.17) is 36.0 Å². The van der Waals surface area contributed by atoms with Gasteiger partial charge in [-0.05, 0) is 45.7 Å². The number of halogens is 2. The molecule has 168 valence electrons. The van der Waals surface area contributed by atoms with Crippen molar-refractivity contribution in [3.8, 4) is 5.75 Å². The molecule has 0 radical (unpaired) electrons. The van der Waals surface area contributed by atoms with Crippen LogP contribution in [0.4, 0.5) is 9.18 Å². The topological polar surface area (TPSA) is 131 Å². The molecule has 2 rings (SSSR count). The van der Waals surface area contributed by atoms with Crippen molar-refractivity contribution in [2.24, 2.45) is 0 Å². The maximum absolute atomic E-state index is 12.7. The lowest BCUT2D eigenvalue weighted by molar-refractivity contribution is -0.153. The minimum atomic E-state index is -1.12. The molecule has 1 saturated heterocycles. The Kier molecular flexibility index (Phi) is 9.80. The summed E-state index contributed by atoms with van der Waals surface area (Å²) in [6.45, 7) is 5.05. The van der Waals surface area contributed by atoms with Crippen molar-refractivity contribution in [3.63, 3.8) is 0 Å². The molecule has 11 heteroatoms. The maximum Gasteiger partial charge on any atom is 0.407 e. The second-order valence-electron chi connectivity index (χ2n) is 7.34. The standard InChI is InChI=1S/C11H19NO5.C8H6ClFO3/c1-11(2,3)17-10(15)12-7-4-5-8(9(13)14)16-6-7;9-6-2-1-5(3-7(6)10)13-4-8(11)12/h7-8H,4-6H2,1-3H3,(H,12,15)(H,13,14);1-3H,4H2,(H,11,12). The number of carbonyl (C=O) groups excluding carboxylic acids is 1. The highest BCUT2D eigenvalue weighted by molar-refractivity contribution is 6.30. The van der Waals surface area contributed by atoms with Gasteiger partial charge in [0.25, 0.3) is 0 Å². The van der Waals surface area contributed by atoms with Crippen molar-refractivity contribution >= 4 is 29.6 Å². The molecule has 1 heterocycles. The number of carbonyl (C=O) groups is 3. The molecule has 0 aromatic heterocycles. The first-order valence-electron chi connectivity index (χ1n) is 9.01. The van der Waals surface area contributed by atoms with Crippen LogP contribution in [-0.2, 0) is 19.1 Å². The zero-order valence-corrected chi connectivity index (χ0v) is 17.6. The Morgan fingerprint density at radius 3 is 2.40 bits per heavy atom. The van der Waals surface area contributed by atoms with Gasteiger partial charge < -0.3 is 29.7 Å². The number of ether oxygens (including phenoxy) is 3. The molecule has 1 aromatic carbocycles. The number of carboxylic acid groups (broad SMARTS) is 2. The van der Waals surface area contributed by atoms with Gasteiger partial charge in [0.2, 0.25) is 0 Å². The van der Waals surface area contributed by atoms with Crippen LogP contribution in [0.2, 0.25) is 5.02 Å². The first-order chi connectivity index (χ1) is 13.9. The molecule has 2 atom stereocenters. The molecule has 1 aromatic rings. The lowest BCUT2D eigenvalue weighted by Crippen LogP contribution is -2.46. The average molecular weight is 450 g/mol. The van der Waals surface area contributed by atoms with E-state index in [1.807, 2.05) is 0 Å². The van der Waals surface area contributed by atoms with Gasteiger partial charge in [-0.3, -0.25) is 0 Å². The number of carboxylic acids is 2. The van der Waals surface area contributed by atoms with Crippen LogP contribution in [0.15, 0.2) is 18.2 Å². The minimum absolute atomic E-state index is 0.0253. The Morgan fingerprint density at radius 1 is 1.27 bits per heavy atom. The van der Waals surface area contributed by atoms with Crippen LogP contribution in [0.1, 0.15) is 33.6 Å². The van der Waals surface area contributed by atoms with Gasteiger partial charge in [0.15, 0.2) is 12.7 Å². The van der Waals surface area contributed by atoms with Crippen LogP contribution in [0.5, 0.6) is 5.75 Å². The highest BCUT2D eigenvalue weighted by Crippen LogP contribution is 2.20. The summed E-state index contributed by atoms with van der Waals surface area (Å²) in [5.74, 6) is -2.56. The van der Waals surface area contributed by atoms with Crippen LogP contribution in [0.25, 0.3) is 0 Å². The molecule has 1 fully saturated rings. The number of hydrogen-bond acceptors (Lipinski definition) is 6. The van der Waals surface area contributed by atoms with Crippen molar-refractivity contribution in [1.29, 1.82) is 0 Å². The number of aliphatic carboxylic acids is 2. The van der Waals surface area contributed by atoms with Gasteiger partial charge in [-0.25, -0.2) is 18.8 Å². The molecular weight excluding hydrogens is 425 g/mol. The number of nitrogens with one attached hydrogen (secondary N) is 1. The summed E-state index contributed by atoms with van der Waals surface area (Å²) in [6, 6.07) is 3.55. The van der Waals surface area contributed by atoms with E-state index in [0.29, 0.717) is 12.8 Å². The summed E-state index contributed by atoms with van der Waals surface area (Å²) in [7, 11) is 0. The van der Waals surface area contributed by atoms with Crippen LogP contribution < -0.4 is 10.1 Å². The fourth-order valence-electron chi connectivity index (χ4n) is 2.25. The van der Waals surface area contributed by atoms with E-state index < -0.39 is 42.2 Å². The van der Waals surface area contributed by atoms with E-state index in [2.05, 4.69) is 5.32 Å². The quantitative estimate of drug-likeness (QED) is 0.624. The summed E-state index contributed by atoms with van der Waals surface area (Å²) >= 11 is 5.40. The van der Waals surface area contributed by atoms with E-state index in [9.17, 15) is 18.8 Å². The predicted molar refractivity (Wildman–Crippen MR) is 104 cm³/mol. The molecule has 3 N–H and O–H groups in total. The predicted octanol–water partition coefficient (Wildman–Crippen LogP) is 3.09. The number of amides is 1. The SMILES string of the molecule is CC(C)(C)OC(=O)NC1CCC(C(=O)O)OC1.O=C(O)COc1ccc(Cl)c(F)c1. The Hall–Kier alpha value is -2.59. The lowest BCUT2D eigenvalue weighted by atomic mass is 10.1. The first-order valence-corrected chi connectivity index (χ1v) is 9.38. The first kappa shape index (κ1) is 25.4. The lowest BCUT2D eigenvalue weighted by Gasteiger charge is -2.28. The van der Waals surface area contributed by atoms with E-state index in [-0.39, 0.29) is 23.4 Å². The fraction of sp³-hybridized carbons (Fsp3) is 0.526. The van der Waals surface area contributed by atoms with Crippen LogP contribution in [0.3, 0.4) is 0 Å². The normalized spacial score (nSPS) is 18.4.